The number of hydrogen-bond acceptors (Lipinski definition) is 3. The molecule has 1 aliphatic carbocycles. The first-order valence-electron chi connectivity index (χ1n) is 9.94. The summed E-state index contributed by atoms with van der Waals surface area (Å²) in [6, 6.07) is 17.7. The van der Waals surface area contributed by atoms with E-state index in [1.54, 1.807) is 0 Å². The van der Waals surface area contributed by atoms with E-state index < -0.39 is 0 Å². The fraction of sp³-hybridized carbons (Fsp3) is 0.200. The second kappa shape index (κ2) is 7.90. The summed E-state index contributed by atoms with van der Waals surface area (Å²) in [6.07, 6.45) is 6.65. The van der Waals surface area contributed by atoms with Gasteiger partial charge in [0.2, 0.25) is 0 Å². The molecule has 1 saturated heterocycles. The van der Waals surface area contributed by atoms with Crippen molar-refractivity contribution in [3.63, 3.8) is 0 Å². The lowest BCUT2D eigenvalue weighted by molar-refractivity contribution is -0.141. The van der Waals surface area contributed by atoms with Crippen LogP contribution in [0.15, 0.2) is 66.9 Å². The first kappa shape index (κ1) is 19.3. The molecular formula is C25H19Cl2NO2. The predicted molar refractivity (Wildman–Crippen MR) is 120 cm³/mol. The Hall–Kier alpha value is -2.62. The van der Waals surface area contributed by atoms with Crippen LogP contribution in [0.3, 0.4) is 0 Å². The molecular weight excluding hydrogens is 417 g/mol. The molecule has 30 heavy (non-hydrogen) atoms. The molecule has 1 fully saturated rings. The van der Waals surface area contributed by atoms with Crippen LogP contribution >= 0.6 is 23.2 Å². The molecule has 150 valence electrons. The number of rotatable bonds is 3. The Morgan fingerprint density at radius 2 is 1.90 bits per heavy atom. The molecule has 3 aromatic rings. The zero-order valence-electron chi connectivity index (χ0n) is 16.1. The monoisotopic (exact) mass is 435 g/mol. The summed E-state index contributed by atoms with van der Waals surface area (Å²) >= 11 is 12.5. The summed E-state index contributed by atoms with van der Waals surface area (Å²) in [6.45, 7) is 0.450. The fourth-order valence-corrected chi connectivity index (χ4v) is 4.96. The normalized spacial score (nSPS) is 22.6. The van der Waals surface area contributed by atoms with Gasteiger partial charge in [0, 0.05) is 33.6 Å². The SMILES string of the molecule is O=C1OC[C@H]2[C@@H]1Cc1c(Cl)cccc1[C@@H]2/C=C/c1ccc(-c2cccc(Cl)c2)cn1. The molecule has 0 saturated carbocycles. The molecule has 5 rings (SSSR count). The Labute approximate surface area is 185 Å². The predicted octanol–water partition coefficient (Wildman–Crippen LogP) is 6.20. The topological polar surface area (TPSA) is 39.2 Å². The number of ether oxygens (including phenoxy) is 1. The average molecular weight is 436 g/mol. The van der Waals surface area contributed by atoms with E-state index in [0.717, 1.165) is 22.4 Å². The minimum atomic E-state index is -0.134. The highest BCUT2D eigenvalue weighted by atomic mass is 35.5. The van der Waals surface area contributed by atoms with Gasteiger partial charge in [-0.1, -0.05) is 59.6 Å². The van der Waals surface area contributed by atoms with Gasteiger partial charge in [-0.05, 0) is 53.5 Å². The van der Waals surface area contributed by atoms with Crippen LogP contribution in [0.25, 0.3) is 17.2 Å². The number of hydrogen-bond donors (Lipinski definition) is 0. The van der Waals surface area contributed by atoms with E-state index in [1.807, 2.05) is 60.8 Å². The van der Waals surface area contributed by atoms with E-state index in [9.17, 15) is 4.79 Å². The van der Waals surface area contributed by atoms with E-state index in [4.69, 9.17) is 27.9 Å². The van der Waals surface area contributed by atoms with Crippen LogP contribution in [0.5, 0.6) is 0 Å². The standard InChI is InChI=1S/C25H19Cl2NO2/c26-17-4-1-3-15(11-17)16-7-8-18(28-13-16)9-10-20-19-5-2-6-24(27)21(19)12-22-23(20)14-30-25(22)29/h1-11,13,20,22-23H,12,14H2/b10-9+/t20-,22-,23+/m0/s1. The maximum atomic E-state index is 12.2. The van der Waals surface area contributed by atoms with Gasteiger partial charge < -0.3 is 4.74 Å². The molecule has 0 radical (unpaired) electrons. The molecule has 0 spiro atoms. The quantitative estimate of drug-likeness (QED) is 0.459. The second-order valence-electron chi connectivity index (χ2n) is 7.78. The van der Waals surface area contributed by atoms with E-state index >= 15 is 0 Å². The Bertz CT molecular complexity index is 1140. The first-order valence-corrected chi connectivity index (χ1v) is 10.7. The van der Waals surface area contributed by atoms with Gasteiger partial charge in [-0.15, -0.1) is 0 Å². The number of cyclic esters (lactones) is 1. The highest BCUT2D eigenvalue weighted by Crippen LogP contribution is 2.46. The Kier molecular flexibility index (Phi) is 5.10. The van der Waals surface area contributed by atoms with Crippen molar-refractivity contribution < 1.29 is 9.53 Å². The largest absolute Gasteiger partial charge is 0.465 e. The number of benzene rings is 2. The third-order valence-electron chi connectivity index (χ3n) is 6.06. The van der Waals surface area contributed by atoms with E-state index in [0.29, 0.717) is 23.1 Å². The molecule has 0 amide bonds. The zero-order valence-corrected chi connectivity index (χ0v) is 17.6. The summed E-state index contributed by atoms with van der Waals surface area (Å²) < 4.78 is 5.39. The van der Waals surface area contributed by atoms with Crippen molar-refractivity contribution in [1.29, 1.82) is 0 Å². The lowest BCUT2D eigenvalue weighted by Crippen LogP contribution is -2.29. The number of carbonyl (C=O) groups excluding carboxylic acids is 1. The van der Waals surface area contributed by atoms with E-state index in [2.05, 4.69) is 17.1 Å². The summed E-state index contributed by atoms with van der Waals surface area (Å²) in [5.74, 6) is -0.0538. The number of allylic oxidation sites excluding steroid dienone is 1. The van der Waals surface area contributed by atoms with Gasteiger partial charge in [0.15, 0.2) is 0 Å². The van der Waals surface area contributed by atoms with Crippen LogP contribution in [-0.2, 0) is 16.0 Å². The number of pyridine rings is 1. The van der Waals surface area contributed by atoms with E-state index in [1.165, 1.54) is 5.56 Å². The molecule has 1 aromatic heterocycles. The summed E-state index contributed by atoms with van der Waals surface area (Å²) in [5.41, 5.74) is 5.13. The van der Waals surface area contributed by atoms with Crippen LogP contribution in [0.2, 0.25) is 10.0 Å². The van der Waals surface area contributed by atoms with Crippen LogP contribution in [0, 0.1) is 11.8 Å². The third-order valence-corrected chi connectivity index (χ3v) is 6.64. The summed E-state index contributed by atoms with van der Waals surface area (Å²) in [5, 5.41) is 1.42. The molecule has 0 unspecified atom stereocenters. The minimum Gasteiger partial charge on any atom is -0.465 e. The molecule has 1 aliphatic heterocycles. The van der Waals surface area contributed by atoms with Gasteiger partial charge in [0.1, 0.15) is 0 Å². The van der Waals surface area contributed by atoms with E-state index in [-0.39, 0.29) is 23.7 Å². The molecule has 0 bridgehead atoms. The molecule has 5 heteroatoms. The Morgan fingerprint density at radius 3 is 2.70 bits per heavy atom. The maximum absolute atomic E-state index is 12.2. The van der Waals surface area contributed by atoms with Gasteiger partial charge in [0.25, 0.3) is 0 Å². The first-order chi connectivity index (χ1) is 14.6. The van der Waals surface area contributed by atoms with Crippen LogP contribution in [0.1, 0.15) is 22.7 Å². The minimum absolute atomic E-state index is 0.0679. The second-order valence-corrected chi connectivity index (χ2v) is 8.62. The van der Waals surface area contributed by atoms with Crippen molar-refractivity contribution in [3.05, 3.63) is 93.7 Å². The molecule has 3 nitrogen and oxygen atoms in total. The van der Waals surface area contributed by atoms with Gasteiger partial charge in [-0.3, -0.25) is 9.78 Å². The number of esters is 1. The molecule has 2 aromatic carbocycles. The van der Waals surface area contributed by atoms with Gasteiger partial charge in [-0.2, -0.15) is 0 Å². The number of aromatic nitrogens is 1. The number of carbonyl (C=O) groups is 1. The zero-order chi connectivity index (χ0) is 20.7. The van der Waals surface area contributed by atoms with Crippen molar-refractivity contribution in [2.75, 3.05) is 6.61 Å². The summed E-state index contributed by atoms with van der Waals surface area (Å²) in [7, 11) is 0. The summed E-state index contributed by atoms with van der Waals surface area (Å²) in [4.78, 5) is 16.8. The van der Waals surface area contributed by atoms with Crippen LogP contribution < -0.4 is 0 Å². The van der Waals surface area contributed by atoms with Gasteiger partial charge in [0.05, 0.1) is 18.2 Å². The van der Waals surface area contributed by atoms with Gasteiger partial charge in [-0.25, -0.2) is 0 Å². The van der Waals surface area contributed by atoms with Crippen LogP contribution in [-0.4, -0.2) is 17.6 Å². The highest BCUT2D eigenvalue weighted by Gasteiger charge is 2.45. The van der Waals surface area contributed by atoms with Crippen LogP contribution in [0.4, 0.5) is 0 Å². The number of fused-ring (bicyclic) bond motifs is 2. The van der Waals surface area contributed by atoms with Crippen molar-refractivity contribution in [3.8, 4) is 11.1 Å². The van der Waals surface area contributed by atoms with Crippen molar-refractivity contribution in [2.24, 2.45) is 11.8 Å². The number of halogens is 2. The molecule has 3 atom stereocenters. The third kappa shape index (κ3) is 3.53. The van der Waals surface area contributed by atoms with Crippen molar-refractivity contribution in [2.45, 2.75) is 12.3 Å². The van der Waals surface area contributed by atoms with Crippen molar-refractivity contribution >= 4 is 35.2 Å². The highest BCUT2D eigenvalue weighted by molar-refractivity contribution is 6.31. The fourth-order valence-electron chi connectivity index (χ4n) is 4.51. The molecule has 2 heterocycles. The average Bonchev–Trinajstić information content (AvgIpc) is 3.13. The lowest BCUT2D eigenvalue weighted by Gasteiger charge is -2.31. The Balaban J connectivity index is 1.44. The van der Waals surface area contributed by atoms with Crippen molar-refractivity contribution in [1.82, 2.24) is 4.98 Å². The van der Waals surface area contributed by atoms with Gasteiger partial charge >= 0.3 is 5.97 Å². The lowest BCUT2D eigenvalue weighted by atomic mass is 9.70. The smallest absolute Gasteiger partial charge is 0.309 e. The molecule has 0 N–H and O–H groups in total. The number of nitrogens with zero attached hydrogens (tertiary/aromatic N) is 1. The Morgan fingerprint density at radius 1 is 1.03 bits per heavy atom. The molecule has 2 aliphatic rings. The maximum Gasteiger partial charge on any atom is 0.309 e.